The first-order valence-electron chi connectivity index (χ1n) is 9.09. The molecule has 0 radical (unpaired) electrons. The number of rotatable bonds is 4. The van der Waals surface area contributed by atoms with Crippen LogP contribution in [0.25, 0.3) is 11.1 Å². The second-order valence-corrected chi connectivity index (χ2v) is 7.22. The lowest BCUT2D eigenvalue weighted by Gasteiger charge is -2.23. The topological polar surface area (TPSA) is 64.6 Å². The van der Waals surface area contributed by atoms with Gasteiger partial charge in [-0.05, 0) is 29.7 Å². The molecule has 0 spiro atoms. The van der Waals surface area contributed by atoms with E-state index in [-0.39, 0.29) is 17.9 Å². The zero-order valence-electron chi connectivity index (χ0n) is 14.7. The summed E-state index contributed by atoms with van der Waals surface area (Å²) in [6.07, 6.45) is 1.81. The molecule has 2 amide bonds. The third-order valence-corrected chi connectivity index (χ3v) is 5.42. The Morgan fingerprint density at radius 1 is 1.07 bits per heavy atom. The molecular formula is C21H20ClNO4. The summed E-state index contributed by atoms with van der Waals surface area (Å²) < 4.78 is 11.2. The van der Waals surface area contributed by atoms with Gasteiger partial charge in [-0.3, -0.25) is 14.9 Å². The Hall–Kier alpha value is -2.37. The maximum absolute atomic E-state index is 12.2. The Kier molecular flexibility index (Phi) is 5.14. The number of halogens is 1. The van der Waals surface area contributed by atoms with Gasteiger partial charge in [0.25, 0.3) is 0 Å². The average molecular weight is 386 g/mol. The fraction of sp³-hybridized carbons (Fsp3) is 0.333. The minimum absolute atomic E-state index is 0.107. The Morgan fingerprint density at radius 3 is 2.59 bits per heavy atom. The number of carbonyl (C=O) groups is 2. The van der Waals surface area contributed by atoms with Crippen LogP contribution < -0.4 is 10.1 Å². The zero-order chi connectivity index (χ0) is 18.8. The van der Waals surface area contributed by atoms with Crippen molar-refractivity contribution in [3.63, 3.8) is 0 Å². The van der Waals surface area contributed by atoms with E-state index in [0.29, 0.717) is 24.5 Å². The predicted molar refractivity (Wildman–Crippen MR) is 102 cm³/mol. The molecule has 2 heterocycles. The first-order valence-corrected chi connectivity index (χ1v) is 9.46. The highest BCUT2D eigenvalue weighted by Crippen LogP contribution is 2.37. The second-order valence-electron chi connectivity index (χ2n) is 6.84. The van der Waals surface area contributed by atoms with Gasteiger partial charge in [0.05, 0.1) is 24.2 Å². The second kappa shape index (κ2) is 7.71. The van der Waals surface area contributed by atoms with Crippen LogP contribution in [0.15, 0.2) is 42.5 Å². The number of benzene rings is 2. The highest BCUT2D eigenvalue weighted by atomic mass is 35.5. The molecular weight excluding hydrogens is 366 g/mol. The summed E-state index contributed by atoms with van der Waals surface area (Å²) in [7, 11) is 0. The number of hydrogen-bond acceptors (Lipinski definition) is 4. The lowest BCUT2D eigenvalue weighted by atomic mass is 9.88. The molecule has 2 saturated heterocycles. The minimum Gasteiger partial charge on any atom is -0.488 e. The van der Waals surface area contributed by atoms with Crippen LogP contribution >= 0.6 is 11.6 Å². The summed E-state index contributed by atoms with van der Waals surface area (Å²) in [5, 5.41) is 2.94. The lowest BCUT2D eigenvalue weighted by Crippen LogP contribution is -2.39. The third kappa shape index (κ3) is 3.84. The van der Waals surface area contributed by atoms with Gasteiger partial charge in [0, 0.05) is 18.4 Å². The normalized spacial score (nSPS) is 22.6. The fourth-order valence-electron chi connectivity index (χ4n) is 3.54. The Balaban J connectivity index is 1.57. The van der Waals surface area contributed by atoms with Crippen molar-refractivity contribution >= 4 is 23.4 Å². The van der Waals surface area contributed by atoms with Gasteiger partial charge < -0.3 is 9.47 Å². The van der Waals surface area contributed by atoms with Crippen molar-refractivity contribution in [2.75, 3.05) is 13.2 Å². The standard InChI is InChI=1S/C21H20ClNO4/c22-20-16(2-1-3-17(20)18-8-9-19(24)23-21(18)25)13-4-6-14(7-5-13)27-15-10-11-26-12-15/h1-7,15,18H,8-12H2,(H,23,24,25). The third-order valence-electron chi connectivity index (χ3n) is 5.00. The molecule has 4 rings (SSSR count). The largest absolute Gasteiger partial charge is 0.488 e. The Bertz CT molecular complexity index is 859. The summed E-state index contributed by atoms with van der Waals surface area (Å²) in [4.78, 5) is 23.6. The molecule has 2 atom stereocenters. The van der Waals surface area contributed by atoms with Gasteiger partial charge in [0.15, 0.2) is 0 Å². The fourth-order valence-corrected chi connectivity index (χ4v) is 3.91. The van der Waals surface area contributed by atoms with E-state index in [1.807, 2.05) is 42.5 Å². The van der Waals surface area contributed by atoms with Crippen LogP contribution in [0.5, 0.6) is 5.75 Å². The van der Waals surface area contributed by atoms with Crippen LogP contribution in [0.2, 0.25) is 5.02 Å². The minimum atomic E-state index is -0.403. The van der Waals surface area contributed by atoms with Crippen LogP contribution in [-0.2, 0) is 14.3 Å². The number of imide groups is 1. The summed E-state index contributed by atoms with van der Waals surface area (Å²) in [5.41, 5.74) is 2.56. The summed E-state index contributed by atoms with van der Waals surface area (Å²) in [5.74, 6) is -0.119. The highest BCUT2D eigenvalue weighted by Gasteiger charge is 2.30. The number of piperidine rings is 1. The molecule has 1 N–H and O–H groups in total. The first kappa shape index (κ1) is 18.0. The first-order chi connectivity index (χ1) is 13.1. The van der Waals surface area contributed by atoms with Gasteiger partial charge in [0.1, 0.15) is 11.9 Å². The lowest BCUT2D eigenvalue weighted by molar-refractivity contribution is -0.134. The van der Waals surface area contributed by atoms with Crippen LogP contribution in [-0.4, -0.2) is 31.1 Å². The van der Waals surface area contributed by atoms with Crippen LogP contribution in [0.4, 0.5) is 0 Å². The molecule has 27 heavy (non-hydrogen) atoms. The predicted octanol–water partition coefficient (Wildman–Crippen LogP) is 3.69. The summed E-state index contributed by atoms with van der Waals surface area (Å²) >= 11 is 6.64. The van der Waals surface area contributed by atoms with Gasteiger partial charge >= 0.3 is 0 Å². The van der Waals surface area contributed by atoms with Crippen LogP contribution in [0, 0.1) is 0 Å². The number of hydrogen-bond donors (Lipinski definition) is 1. The number of amides is 2. The van der Waals surface area contributed by atoms with E-state index in [9.17, 15) is 9.59 Å². The SMILES string of the molecule is O=C1CCC(c2cccc(-c3ccc(OC4CCOC4)cc3)c2Cl)C(=O)N1. The summed E-state index contributed by atoms with van der Waals surface area (Å²) in [6.45, 7) is 1.37. The van der Waals surface area contributed by atoms with Crippen molar-refractivity contribution in [2.24, 2.45) is 0 Å². The summed E-state index contributed by atoms with van der Waals surface area (Å²) in [6, 6.07) is 13.4. The van der Waals surface area contributed by atoms with Crippen molar-refractivity contribution < 1.29 is 19.1 Å². The molecule has 2 aliphatic heterocycles. The maximum atomic E-state index is 12.2. The monoisotopic (exact) mass is 385 g/mol. The number of nitrogens with one attached hydrogen (secondary N) is 1. The number of ether oxygens (including phenoxy) is 2. The molecule has 0 bridgehead atoms. The molecule has 6 heteroatoms. The van der Waals surface area contributed by atoms with Crippen molar-refractivity contribution in [1.82, 2.24) is 5.32 Å². The molecule has 0 aromatic heterocycles. The van der Waals surface area contributed by atoms with Gasteiger partial charge in [-0.1, -0.05) is 41.9 Å². The molecule has 5 nitrogen and oxygen atoms in total. The molecule has 2 fully saturated rings. The van der Waals surface area contributed by atoms with E-state index >= 15 is 0 Å². The highest BCUT2D eigenvalue weighted by molar-refractivity contribution is 6.34. The molecule has 0 aliphatic carbocycles. The van der Waals surface area contributed by atoms with Crippen molar-refractivity contribution in [1.29, 1.82) is 0 Å². The van der Waals surface area contributed by atoms with E-state index < -0.39 is 5.92 Å². The molecule has 2 aliphatic rings. The van der Waals surface area contributed by atoms with Crippen LogP contribution in [0.3, 0.4) is 0 Å². The van der Waals surface area contributed by atoms with E-state index in [0.717, 1.165) is 35.5 Å². The molecule has 2 aromatic rings. The van der Waals surface area contributed by atoms with Crippen molar-refractivity contribution in [3.8, 4) is 16.9 Å². The van der Waals surface area contributed by atoms with E-state index in [2.05, 4.69) is 5.32 Å². The van der Waals surface area contributed by atoms with Gasteiger partial charge in [-0.15, -0.1) is 0 Å². The van der Waals surface area contributed by atoms with Crippen LogP contribution in [0.1, 0.15) is 30.7 Å². The molecule has 2 aromatic carbocycles. The smallest absolute Gasteiger partial charge is 0.234 e. The Labute approximate surface area is 162 Å². The molecule has 0 saturated carbocycles. The number of carbonyl (C=O) groups excluding carboxylic acids is 2. The molecule has 140 valence electrons. The zero-order valence-corrected chi connectivity index (χ0v) is 15.5. The van der Waals surface area contributed by atoms with Crippen molar-refractivity contribution in [2.45, 2.75) is 31.3 Å². The van der Waals surface area contributed by atoms with Gasteiger partial charge in [-0.2, -0.15) is 0 Å². The van der Waals surface area contributed by atoms with E-state index in [1.54, 1.807) is 0 Å². The quantitative estimate of drug-likeness (QED) is 0.815. The van der Waals surface area contributed by atoms with Gasteiger partial charge in [-0.25, -0.2) is 0 Å². The molecule has 2 unspecified atom stereocenters. The van der Waals surface area contributed by atoms with Crippen molar-refractivity contribution in [3.05, 3.63) is 53.1 Å². The van der Waals surface area contributed by atoms with Gasteiger partial charge in [0.2, 0.25) is 11.8 Å². The van der Waals surface area contributed by atoms with E-state index in [4.69, 9.17) is 21.1 Å². The maximum Gasteiger partial charge on any atom is 0.234 e. The van der Waals surface area contributed by atoms with E-state index in [1.165, 1.54) is 0 Å². The Morgan fingerprint density at radius 2 is 1.89 bits per heavy atom. The average Bonchev–Trinajstić information content (AvgIpc) is 3.16.